The molecule has 0 radical (unpaired) electrons. The summed E-state index contributed by atoms with van der Waals surface area (Å²) in [5, 5.41) is 3.45. The minimum absolute atomic E-state index is 0.756. The quantitative estimate of drug-likeness (QED) is 0.841. The van der Waals surface area contributed by atoms with Crippen LogP contribution in [-0.4, -0.2) is 20.8 Å². The first kappa shape index (κ1) is 16.1. The summed E-state index contributed by atoms with van der Waals surface area (Å²) < 4.78 is 10.6. The second-order valence-corrected chi connectivity index (χ2v) is 5.19. The highest BCUT2D eigenvalue weighted by Gasteiger charge is 2.04. The SMILES string of the molecule is COc1ccc(CNC/C(C)=C/c2ccccc2)cc1OC. The van der Waals surface area contributed by atoms with Gasteiger partial charge in [-0.05, 0) is 30.2 Å². The van der Waals surface area contributed by atoms with Gasteiger partial charge in [-0.3, -0.25) is 0 Å². The number of hydrogen-bond acceptors (Lipinski definition) is 3. The second kappa shape index (κ2) is 8.25. The zero-order valence-electron chi connectivity index (χ0n) is 13.4. The summed E-state index contributed by atoms with van der Waals surface area (Å²) in [6.07, 6.45) is 2.20. The van der Waals surface area contributed by atoms with Crippen LogP contribution in [0.5, 0.6) is 11.5 Å². The van der Waals surface area contributed by atoms with Gasteiger partial charge in [0.1, 0.15) is 0 Å². The Morgan fingerprint density at radius 3 is 2.41 bits per heavy atom. The highest BCUT2D eigenvalue weighted by molar-refractivity contribution is 5.52. The van der Waals surface area contributed by atoms with Crippen molar-refractivity contribution in [2.75, 3.05) is 20.8 Å². The monoisotopic (exact) mass is 297 g/mol. The van der Waals surface area contributed by atoms with Gasteiger partial charge in [0.05, 0.1) is 14.2 Å². The molecule has 0 saturated heterocycles. The van der Waals surface area contributed by atoms with Gasteiger partial charge in [-0.1, -0.05) is 48.0 Å². The van der Waals surface area contributed by atoms with Crippen molar-refractivity contribution in [2.24, 2.45) is 0 Å². The van der Waals surface area contributed by atoms with E-state index < -0.39 is 0 Å². The average Bonchev–Trinajstić information content (AvgIpc) is 2.55. The van der Waals surface area contributed by atoms with Crippen LogP contribution in [-0.2, 0) is 6.54 Å². The largest absolute Gasteiger partial charge is 0.493 e. The third-order valence-electron chi connectivity index (χ3n) is 3.39. The van der Waals surface area contributed by atoms with Crippen molar-refractivity contribution in [3.8, 4) is 11.5 Å². The number of rotatable bonds is 7. The highest BCUT2D eigenvalue weighted by atomic mass is 16.5. The molecule has 0 aliphatic rings. The van der Waals surface area contributed by atoms with Crippen molar-refractivity contribution in [1.82, 2.24) is 5.32 Å². The molecule has 0 aliphatic heterocycles. The highest BCUT2D eigenvalue weighted by Crippen LogP contribution is 2.27. The van der Waals surface area contributed by atoms with Crippen LogP contribution < -0.4 is 14.8 Å². The summed E-state index contributed by atoms with van der Waals surface area (Å²) in [5.41, 5.74) is 3.70. The zero-order valence-corrected chi connectivity index (χ0v) is 13.4. The molecule has 2 aromatic rings. The lowest BCUT2D eigenvalue weighted by molar-refractivity contribution is 0.354. The number of benzene rings is 2. The molecule has 0 bridgehead atoms. The van der Waals surface area contributed by atoms with Crippen LogP contribution in [0, 0.1) is 0 Å². The molecule has 0 aromatic heterocycles. The molecule has 3 nitrogen and oxygen atoms in total. The fraction of sp³-hybridized carbons (Fsp3) is 0.263. The third-order valence-corrected chi connectivity index (χ3v) is 3.39. The molecule has 0 aliphatic carbocycles. The number of methoxy groups -OCH3 is 2. The summed E-state index contributed by atoms with van der Waals surface area (Å²) >= 11 is 0. The van der Waals surface area contributed by atoms with Gasteiger partial charge in [-0.25, -0.2) is 0 Å². The van der Waals surface area contributed by atoms with Gasteiger partial charge < -0.3 is 14.8 Å². The van der Waals surface area contributed by atoms with Crippen LogP contribution in [0.15, 0.2) is 54.1 Å². The fourth-order valence-corrected chi connectivity index (χ4v) is 2.28. The van der Waals surface area contributed by atoms with Crippen molar-refractivity contribution in [1.29, 1.82) is 0 Å². The molecule has 1 N–H and O–H groups in total. The van der Waals surface area contributed by atoms with Gasteiger partial charge in [0.25, 0.3) is 0 Å². The number of nitrogens with one attached hydrogen (secondary N) is 1. The maximum absolute atomic E-state index is 5.32. The Kier molecular flexibility index (Phi) is 6.04. The summed E-state index contributed by atoms with van der Waals surface area (Å²) in [6.45, 7) is 3.78. The van der Waals surface area contributed by atoms with Crippen LogP contribution in [0.25, 0.3) is 6.08 Å². The first-order valence-electron chi connectivity index (χ1n) is 7.37. The Balaban J connectivity index is 1.89. The van der Waals surface area contributed by atoms with E-state index in [-0.39, 0.29) is 0 Å². The summed E-state index contributed by atoms with van der Waals surface area (Å²) in [6, 6.07) is 16.3. The molecule has 2 aromatic carbocycles. The van der Waals surface area contributed by atoms with E-state index in [4.69, 9.17) is 9.47 Å². The smallest absolute Gasteiger partial charge is 0.161 e. The molecule has 0 spiro atoms. The first-order chi connectivity index (χ1) is 10.7. The number of hydrogen-bond donors (Lipinski definition) is 1. The molecule has 116 valence electrons. The van der Waals surface area contributed by atoms with Gasteiger partial charge in [-0.15, -0.1) is 0 Å². The molecule has 22 heavy (non-hydrogen) atoms. The lowest BCUT2D eigenvalue weighted by Crippen LogP contribution is -2.15. The number of ether oxygens (including phenoxy) is 2. The average molecular weight is 297 g/mol. The molecular weight excluding hydrogens is 274 g/mol. The Labute approximate surface area is 132 Å². The maximum Gasteiger partial charge on any atom is 0.161 e. The first-order valence-corrected chi connectivity index (χ1v) is 7.37. The molecule has 0 saturated carbocycles. The second-order valence-electron chi connectivity index (χ2n) is 5.19. The Morgan fingerprint density at radius 1 is 1.00 bits per heavy atom. The van der Waals surface area contributed by atoms with Crippen LogP contribution in [0.2, 0.25) is 0 Å². The van der Waals surface area contributed by atoms with Gasteiger partial charge in [0.2, 0.25) is 0 Å². The Hall–Kier alpha value is -2.26. The molecule has 0 amide bonds. The minimum Gasteiger partial charge on any atom is -0.493 e. The van der Waals surface area contributed by atoms with E-state index >= 15 is 0 Å². The van der Waals surface area contributed by atoms with Gasteiger partial charge in [0, 0.05) is 13.1 Å². The molecule has 0 unspecified atom stereocenters. The molecule has 3 heteroatoms. The Morgan fingerprint density at radius 2 is 1.73 bits per heavy atom. The predicted molar refractivity (Wildman–Crippen MR) is 91.3 cm³/mol. The fourth-order valence-electron chi connectivity index (χ4n) is 2.28. The van der Waals surface area contributed by atoms with Crippen molar-refractivity contribution >= 4 is 6.08 Å². The van der Waals surface area contributed by atoms with Crippen molar-refractivity contribution in [3.05, 3.63) is 65.2 Å². The predicted octanol–water partition coefficient (Wildman–Crippen LogP) is 3.90. The van der Waals surface area contributed by atoms with E-state index in [0.29, 0.717) is 0 Å². The molecule has 0 heterocycles. The summed E-state index contributed by atoms with van der Waals surface area (Å²) in [5.74, 6) is 1.52. The lowest BCUT2D eigenvalue weighted by atomic mass is 10.1. The van der Waals surface area contributed by atoms with E-state index in [1.54, 1.807) is 14.2 Å². The maximum atomic E-state index is 5.32. The van der Waals surface area contributed by atoms with E-state index in [0.717, 1.165) is 24.6 Å². The van der Waals surface area contributed by atoms with Gasteiger partial charge in [-0.2, -0.15) is 0 Å². The van der Waals surface area contributed by atoms with Crippen LogP contribution in [0.1, 0.15) is 18.1 Å². The topological polar surface area (TPSA) is 30.5 Å². The van der Waals surface area contributed by atoms with Crippen molar-refractivity contribution in [2.45, 2.75) is 13.5 Å². The standard InChI is InChI=1S/C19H23NO2/c1-15(11-16-7-5-4-6-8-16)13-20-14-17-9-10-18(21-2)19(12-17)22-3/h4-12,20H,13-14H2,1-3H3/b15-11+. The van der Waals surface area contributed by atoms with Crippen molar-refractivity contribution < 1.29 is 9.47 Å². The van der Waals surface area contributed by atoms with E-state index in [2.05, 4.69) is 42.6 Å². The summed E-state index contributed by atoms with van der Waals surface area (Å²) in [4.78, 5) is 0. The van der Waals surface area contributed by atoms with E-state index in [9.17, 15) is 0 Å². The normalized spacial score (nSPS) is 11.3. The van der Waals surface area contributed by atoms with Crippen LogP contribution >= 0.6 is 0 Å². The van der Waals surface area contributed by atoms with Gasteiger partial charge in [0.15, 0.2) is 11.5 Å². The molecule has 0 fully saturated rings. The molecule has 0 atom stereocenters. The lowest BCUT2D eigenvalue weighted by Gasteiger charge is -2.10. The van der Waals surface area contributed by atoms with Crippen molar-refractivity contribution in [3.63, 3.8) is 0 Å². The third kappa shape index (κ3) is 4.64. The molecule has 2 rings (SSSR count). The zero-order chi connectivity index (χ0) is 15.8. The Bertz CT molecular complexity index is 621. The van der Waals surface area contributed by atoms with E-state index in [1.807, 2.05) is 24.3 Å². The van der Waals surface area contributed by atoms with Gasteiger partial charge >= 0.3 is 0 Å². The van der Waals surface area contributed by atoms with Crippen LogP contribution in [0.3, 0.4) is 0 Å². The van der Waals surface area contributed by atoms with Crippen LogP contribution in [0.4, 0.5) is 0 Å². The summed E-state index contributed by atoms with van der Waals surface area (Å²) in [7, 11) is 3.30. The molecular formula is C19H23NO2. The minimum atomic E-state index is 0.756. The van der Waals surface area contributed by atoms with E-state index in [1.165, 1.54) is 16.7 Å².